The second-order valence-electron chi connectivity index (χ2n) is 2.72. The smallest absolute Gasteiger partial charge is 0.270 e. The quantitative estimate of drug-likeness (QED) is 0.503. The first-order valence-electron chi connectivity index (χ1n) is 3.95. The first kappa shape index (κ1) is 9.14. The number of aromatic nitrogens is 4. The molecule has 0 radical (unpaired) electrons. The largest absolute Gasteiger partial charge is 0.293 e. The van der Waals surface area contributed by atoms with Gasteiger partial charge in [0.05, 0.1) is 12.4 Å². The summed E-state index contributed by atoms with van der Waals surface area (Å²) < 4.78 is 1.46. The van der Waals surface area contributed by atoms with Crippen molar-refractivity contribution in [2.75, 3.05) is 6.26 Å². The average Bonchev–Trinajstić information content (AvgIpc) is 2.23. The number of nitrogens with zero attached hydrogens (tertiary/aromatic N) is 4. The predicted molar refractivity (Wildman–Crippen MR) is 54.4 cm³/mol. The Hall–Kier alpha value is -1.43. The Kier molecular flexibility index (Phi) is 2.20. The Labute approximate surface area is 84.2 Å². The van der Waals surface area contributed by atoms with Crippen molar-refractivity contribution in [2.45, 2.75) is 5.16 Å². The fourth-order valence-corrected chi connectivity index (χ4v) is 1.44. The minimum Gasteiger partial charge on any atom is -0.293 e. The predicted octanol–water partition coefficient (Wildman–Crippen LogP) is 0.445. The maximum atomic E-state index is 11.3. The number of hydrogen-bond donors (Lipinski definition) is 0. The standard InChI is InChI=1S/C8H8N4OS/c1-12-6(13)4-9-5-3-10-8(14-2)11-7(5)12/h3-4H,1-2H3. The number of hydrogen-bond acceptors (Lipinski definition) is 5. The summed E-state index contributed by atoms with van der Waals surface area (Å²) in [6.45, 7) is 0. The summed E-state index contributed by atoms with van der Waals surface area (Å²) in [5.74, 6) is 0. The van der Waals surface area contributed by atoms with Crippen molar-refractivity contribution < 1.29 is 0 Å². The highest BCUT2D eigenvalue weighted by molar-refractivity contribution is 7.98. The van der Waals surface area contributed by atoms with Gasteiger partial charge in [-0.05, 0) is 6.26 Å². The van der Waals surface area contributed by atoms with Crippen LogP contribution in [0.25, 0.3) is 11.2 Å². The molecule has 6 heteroatoms. The van der Waals surface area contributed by atoms with E-state index >= 15 is 0 Å². The van der Waals surface area contributed by atoms with Crippen LogP contribution in [0.4, 0.5) is 0 Å². The topological polar surface area (TPSA) is 60.7 Å². The molecule has 0 bridgehead atoms. The number of fused-ring (bicyclic) bond motifs is 1. The van der Waals surface area contributed by atoms with E-state index in [4.69, 9.17) is 0 Å². The van der Waals surface area contributed by atoms with E-state index < -0.39 is 0 Å². The van der Waals surface area contributed by atoms with Crippen molar-refractivity contribution in [1.29, 1.82) is 0 Å². The van der Waals surface area contributed by atoms with Gasteiger partial charge in [0, 0.05) is 7.05 Å². The van der Waals surface area contributed by atoms with Gasteiger partial charge in [-0.15, -0.1) is 0 Å². The zero-order valence-electron chi connectivity index (χ0n) is 7.76. The summed E-state index contributed by atoms with van der Waals surface area (Å²) in [4.78, 5) is 23.5. The lowest BCUT2D eigenvalue weighted by Crippen LogP contribution is -2.17. The molecule has 0 fully saturated rings. The first-order valence-corrected chi connectivity index (χ1v) is 5.17. The van der Waals surface area contributed by atoms with Crippen LogP contribution in [0.15, 0.2) is 22.3 Å². The summed E-state index contributed by atoms with van der Waals surface area (Å²) >= 11 is 1.43. The van der Waals surface area contributed by atoms with E-state index in [-0.39, 0.29) is 5.56 Å². The van der Waals surface area contributed by atoms with Gasteiger partial charge in [0.25, 0.3) is 5.56 Å². The normalized spacial score (nSPS) is 10.7. The summed E-state index contributed by atoms with van der Waals surface area (Å²) in [7, 11) is 1.67. The molecule has 0 aromatic carbocycles. The Bertz CT molecular complexity index is 536. The van der Waals surface area contributed by atoms with Crippen LogP contribution in [-0.4, -0.2) is 25.8 Å². The van der Waals surface area contributed by atoms with E-state index in [9.17, 15) is 4.79 Å². The third kappa shape index (κ3) is 1.37. The van der Waals surface area contributed by atoms with Gasteiger partial charge in [-0.1, -0.05) is 11.8 Å². The van der Waals surface area contributed by atoms with Gasteiger partial charge in [-0.2, -0.15) is 0 Å². The van der Waals surface area contributed by atoms with Crippen LogP contribution in [0.1, 0.15) is 0 Å². The molecule has 0 saturated carbocycles. The van der Waals surface area contributed by atoms with Crippen molar-refractivity contribution in [3.05, 3.63) is 22.7 Å². The van der Waals surface area contributed by atoms with E-state index in [0.29, 0.717) is 16.3 Å². The molecule has 0 spiro atoms. The van der Waals surface area contributed by atoms with E-state index in [0.717, 1.165) is 0 Å². The average molecular weight is 208 g/mol. The SMILES string of the molecule is CSc1ncc2ncc(=O)n(C)c2n1. The zero-order chi connectivity index (χ0) is 10.1. The van der Waals surface area contributed by atoms with Gasteiger partial charge in [-0.3, -0.25) is 9.36 Å². The minimum atomic E-state index is -0.164. The fraction of sp³-hybridized carbons (Fsp3) is 0.250. The Balaban J connectivity index is 2.84. The first-order chi connectivity index (χ1) is 6.72. The molecule has 0 aliphatic carbocycles. The molecule has 0 N–H and O–H groups in total. The molecule has 2 aromatic heterocycles. The Morgan fingerprint density at radius 1 is 1.36 bits per heavy atom. The molecular weight excluding hydrogens is 200 g/mol. The van der Waals surface area contributed by atoms with Crippen molar-refractivity contribution >= 4 is 22.9 Å². The molecule has 0 saturated heterocycles. The lowest BCUT2D eigenvalue weighted by molar-refractivity contribution is 0.845. The second kappa shape index (κ2) is 3.38. The van der Waals surface area contributed by atoms with Gasteiger partial charge in [0.1, 0.15) is 5.52 Å². The highest BCUT2D eigenvalue weighted by atomic mass is 32.2. The van der Waals surface area contributed by atoms with Crippen LogP contribution in [0.5, 0.6) is 0 Å². The van der Waals surface area contributed by atoms with Crippen LogP contribution in [0.3, 0.4) is 0 Å². The highest BCUT2D eigenvalue weighted by Gasteiger charge is 2.03. The van der Waals surface area contributed by atoms with Gasteiger partial charge in [-0.25, -0.2) is 15.0 Å². The Morgan fingerprint density at radius 3 is 2.86 bits per heavy atom. The molecule has 0 aliphatic heterocycles. The molecule has 5 nitrogen and oxygen atoms in total. The number of rotatable bonds is 1. The summed E-state index contributed by atoms with van der Waals surface area (Å²) in [5, 5.41) is 0.639. The molecule has 2 aromatic rings. The summed E-state index contributed by atoms with van der Waals surface area (Å²) in [5.41, 5.74) is 1.03. The molecule has 72 valence electrons. The molecule has 0 atom stereocenters. The fourth-order valence-electron chi connectivity index (χ4n) is 1.10. The van der Waals surface area contributed by atoms with Crippen molar-refractivity contribution in [2.24, 2.45) is 7.05 Å². The molecule has 0 amide bonds. The van der Waals surface area contributed by atoms with Crippen LogP contribution in [0, 0.1) is 0 Å². The van der Waals surface area contributed by atoms with Crippen molar-refractivity contribution in [3.63, 3.8) is 0 Å². The molecule has 2 rings (SSSR count). The van der Waals surface area contributed by atoms with Crippen LogP contribution >= 0.6 is 11.8 Å². The van der Waals surface area contributed by atoms with Gasteiger partial charge >= 0.3 is 0 Å². The molecule has 0 aliphatic rings. The molecule has 0 unspecified atom stereocenters. The van der Waals surface area contributed by atoms with Crippen molar-refractivity contribution in [1.82, 2.24) is 19.5 Å². The minimum absolute atomic E-state index is 0.164. The Morgan fingerprint density at radius 2 is 2.14 bits per heavy atom. The van der Waals surface area contributed by atoms with Gasteiger partial charge in [0.2, 0.25) is 0 Å². The van der Waals surface area contributed by atoms with Crippen LogP contribution in [0.2, 0.25) is 0 Å². The third-order valence-corrected chi connectivity index (χ3v) is 2.43. The maximum Gasteiger partial charge on any atom is 0.270 e. The number of thioether (sulfide) groups is 1. The molecular formula is C8H8N4OS. The maximum absolute atomic E-state index is 11.3. The van der Waals surface area contributed by atoms with E-state index in [2.05, 4.69) is 15.0 Å². The number of aryl methyl sites for hydroxylation is 1. The zero-order valence-corrected chi connectivity index (χ0v) is 8.58. The third-order valence-electron chi connectivity index (χ3n) is 1.87. The van der Waals surface area contributed by atoms with Crippen LogP contribution < -0.4 is 5.56 Å². The molecule has 14 heavy (non-hydrogen) atoms. The lowest BCUT2D eigenvalue weighted by atomic mass is 10.5. The van der Waals surface area contributed by atoms with E-state index in [1.54, 1.807) is 13.2 Å². The van der Waals surface area contributed by atoms with Crippen molar-refractivity contribution in [3.8, 4) is 0 Å². The van der Waals surface area contributed by atoms with Gasteiger partial charge in [0.15, 0.2) is 10.8 Å². The van der Waals surface area contributed by atoms with E-state index in [1.165, 1.54) is 22.5 Å². The summed E-state index contributed by atoms with van der Waals surface area (Å²) in [6, 6.07) is 0. The van der Waals surface area contributed by atoms with Gasteiger partial charge < -0.3 is 0 Å². The lowest BCUT2D eigenvalue weighted by Gasteiger charge is -2.02. The highest BCUT2D eigenvalue weighted by Crippen LogP contribution is 2.10. The molecule has 2 heterocycles. The second-order valence-corrected chi connectivity index (χ2v) is 3.49. The summed E-state index contributed by atoms with van der Waals surface area (Å²) in [6.07, 6.45) is 4.77. The monoisotopic (exact) mass is 208 g/mol. The van der Waals surface area contributed by atoms with E-state index in [1.807, 2.05) is 6.26 Å². The van der Waals surface area contributed by atoms with Crippen LogP contribution in [-0.2, 0) is 7.05 Å².